The fourth-order valence-electron chi connectivity index (χ4n) is 2.16. The van der Waals surface area contributed by atoms with Crippen molar-refractivity contribution in [3.8, 4) is 11.5 Å². The zero-order chi connectivity index (χ0) is 17.4. The molecule has 23 heavy (non-hydrogen) atoms. The highest BCUT2D eigenvalue weighted by molar-refractivity contribution is 5.84. The minimum absolute atomic E-state index is 0.0640. The molecule has 0 radical (unpaired) electrons. The summed E-state index contributed by atoms with van der Waals surface area (Å²) in [4.78, 5) is 25.9. The molecule has 1 aromatic rings. The van der Waals surface area contributed by atoms with E-state index in [1.165, 1.54) is 4.90 Å². The molecule has 2 amide bonds. The number of carbonyl (C=O) groups is 2. The summed E-state index contributed by atoms with van der Waals surface area (Å²) in [5.74, 6) is 1.19. The van der Waals surface area contributed by atoms with Crippen LogP contribution in [0.5, 0.6) is 11.5 Å². The maximum absolute atomic E-state index is 12.1. The molecule has 0 bridgehead atoms. The highest BCUT2D eigenvalue weighted by Crippen LogP contribution is 2.23. The Morgan fingerprint density at radius 1 is 1.26 bits per heavy atom. The van der Waals surface area contributed by atoms with Crippen molar-refractivity contribution in [2.45, 2.75) is 6.54 Å². The first-order valence-corrected chi connectivity index (χ1v) is 7.38. The summed E-state index contributed by atoms with van der Waals surface area (Å²) in [6, 6.07) is 5.62. The molecule has 0 aliphatic heterocycles. The highest BCUT2D eigenvalue weighted by atomic mass is 16.5. The number of methoxy groups -OCH3 is 2. The van der Waals surface area contributed by atoms with Crippen LogP contribution in [-0.4, -0.2) is 65.2 Å². The summed E-state index contributed by atoms with van der Waals surface area (Å²) in [7, 11) is 8.31. The average Bonchev–Trinajstić information content (AvgIpc) is 2.54. The van der Waals surface area contributed by atoms with Gasteiger partial charge in [-0.2, -0.15) is 0 Å². The van der Waals surface area contributed by atoms with Crippen molar-refractivity contribution < 1.29 is 24.0 Å². The summed E-state index contributed by atoms with van der Waals surface area (Å²) in [5.41, 5.74) is 0.993. The lowest BCUT2D eigenvalue weighted by atomic mass is 10.2. The molecular formula is C16H26N3O4+. The summed E-state index contributed by atoms with van der Waals surface area (Å²) < 4.78 is 10.5. The number of hydrogen-bond acceptors (Lipinski definition) is 4. The molecule has 1 rings (SSSR count). The molecule has 7 heteroatoms. The number of hydrogen-bond donors (Lipinski definition) is 2. The van der Waals surface area contributed by atoms with Gasteiger partial charge >= 0.3 is 0 Å². The van der Waals surface area contributed by atoms with Crippen molar-refractivity contribution >= 4 is 11.8 Å². The van der Waals surface area contributed by atoms with Gasteiger partial charge in [0.2, 0.25) is 5.91 Å². The van der Waals surface area contributed by atoms with Gasteiger partial charge in [0, 0.05) is 25.7 Å². The average molecular weight is 324 g/mol. The summed E-state index contributed by atoms with van der Waals surface area (Å²) in [6.07, 6.45) is 0. The van der Waals surface area contributed by atoms with Crippen LogP contribution in [0.3, 0.4) is 0 Å². The number of ether oxygens (including phenoxy) is 2. The molecule has 1 unspecified atom stereocenters. The van der Waals surface area contributed by atoms with Gasteiger partial charge < -0.3 is 24.6 Å². The van der Waals surface area contributed by atoms with Gasteiger partial charge in [0.15, 0.2) is 6.54 Å². The molecule has 2 N–H and O–H groups in total. The van der Waals surface area contributed by atoms with E-state index in [-0.39, 0.29) is 18.4 Å². The van der Waals surface area contributed by atoms with Gasteiger partial charge in [0.05, 0.1) is 27.8 Å². The maximum atomic E-state index is 12.1. The molecule has 7 nitrogen and oxygen atoms in total. The first-order valence-electron chi connectivity index (χ1n) is 7.38. The quantitative estimate of drug-likeness (QED) is 0.638. The van der Waals surface area contributed by atoms with Crippen LogP contribution in [0.15, 0.2) is 18.2 Å². The number of nitrogens with zero attached hydrogens (tertiary/aromatic N) is 1. The third kappa shape index (κ3) is 5.78. The van der Waals surface area contributed by atoms with Gasteiger partial charge in [-0.05, 0) is 12.1 Å². The van der Waals surface area contributed by atoms with Gasteiger partial charge in [-0.15, -0.1) is 0 Å². The van der Waals surface area contributed by atoms with E-state index in [0.717, 1.165) is 22.0 Å². The SMILES string of the molecule is CNC(=O)CN(C)C(=O)C[NH+](C)Cc1ccc(OC)cc1OC. The number of benzene rings is 1. The van der Waals surface area contributed by atoms with E-state index < -0.39 is 0 Å². The third-order valence-corrected chi connectivity index (χ3v) is 3.52. The zero-order valence-corrected chi connectivity index (χ0v) is 14.4. The zero-order valence-electron chi connectivity index (χ0n) is 14.4. The van der Waals surface area contributed by atoms with Crippen LogP contribution in [-0.2, 0) is 16.1 Å². The Kier molecular flexibility index (Phi) is 7.34. The monoisotopic (exact) mass is 324 g/mol. The van der Waals surface area contributed by atoms with E-state index in [9.17, 15) is 9.59 Å². The van der Waals surface area contributed by atoms with Crippen molar-refractivity contribution in [3.05, 3.63) is 23.8 Å². The number of likely N-dealkylation sites (N-methyl/N-ethyl adjacent to an activating group) is 3. The van der Waals surface area contributed by atoms with E-state index in [1.807, 2.05) is 25.2 Å². The molecule has 0 fully saturated rings. The Bertz CT molecular complexity index is 548. The van der Waals surface area contributed by atoms with Crippen molar-refractivity contribution in [2.24, 2.45) is 0 Å². The molecule has 0 aliphatic carbocycles. The molecule has 1 aromatic carbocycles. The van der Waals surface area contributed by atoms with Crippen molar-refractivity contribution in [3.63, 3.8) is 0 Å². The predicted molar refractivity (Wildman–Crippen MR) is 86.7 cm³/mol. The molecule has 0 aliphatic rings. The predicted octanol–water partition coefficient (Wildman–Crippen LogP) is -1.08. The summed E-state index contributed by atoms with van der Waals surface area (Å²) in [5, 5.41) is 2.50. The Labute approximate surface area is 137 Å². The fraction of sp³-hybridized carbons (Fsp3) is 0.500. The molecule has 0 saturated carbocycles. The number of carbonyl (C=O) groups excluding carboxylic acids is 2. The second-order valence-electron chi connectivity index (χ2n) is 5.41. The van der Waals surface area contributed by atoms with Crippen molar-refractivity contribution in [1.29, 1.82) is 0 Å². The molecule has 0 heterocycles. The lowest BCUT2D eigenvalue weighted by Gasteiger charge is -2.20. The number of quaternary nitrogens is 1. The molecule has 0 spiro atoms. The fourth-order valence-corrected chi connectivity index (χ4v) is 2.16. The molecule has 0 saturated heterocycles. The van der Waals surface area contributed by atoms with Crippen LogP contribution in [0, 0.1) is 0 Å². The number of rotatable bonds is 8. The normalized spacial score (nSPS) is 11.5. The number of amides is 2. The van der Waals surface area contributed by atoms with Gasteiger partial charge in [0.1, 0.15) is 18.0 Å². The minimum atomic E-state index is -0.185. The third-order valence-electron chi connectivity index (χ3n) is 3.52. The first-order chi connectivity index (χ1) is 10.9. The molecule has 1 atom stereocenters. The van der Waals surface area contributed by atoms with Crippen LogP contribution < -0.4 is 19.7 Å². The largest absolute Gasteiger partial charge is 0.497 e. The number of nitrogens with one attached hydrogen (secondary N) is 2. The Hall–Kier alpha value is -2.28. The molecular weight excluding hydrogens is 298 g/mol. The maximum Gasteiger partial charge on any atom is 0.277 e. The Balaban J connectivity index is 2.64. The second-order valence-corrected chi connectivity index (χ2v) is 5.41. The van der Waals surface area contributed by atoms with Crippen LogP contribution in [0.4, 0.5) is 0 Å². The smallest absolute Gasteiger partial charge is 0.277 e. The summed E-state index contributed by atoms with van der Waals surface area (Å²) in [6.45, 7) is 0.990. The summed E-state index contributed by atoms with van der Waals surface area (Å²) >= 11 is 0. The van der Waals surface area contributed by atoms with Gasteiger partial charge in [-0.25, -0.2) is 0 Å². The van der Waals surface area contributed by atoms with E-state index in [4.69, 9.17) is 9.47 Å². The van der Waals surface area contributed by atoms with Gasteiger partial charge in [-0.3, -0.25) is 9.59 Å². The van der Waals surface area contributed by atoms with Gasteiger partial charge in [-0.1, -0.05) is 0 Å². The molecule has 0 aromatic heterocycles. The minimum Gasteiger partial charge on any atom is -0.497 e. The second kappa shape index (κ2) is 8.99. The van der Waals surface area contributed by atoms with E-state index in [1.54, 1.807) is 28.3 Å². The lowest BCUT2D eigenvalue weighted by molar-refractivity contribution is -0.885. The van der Waals surface area contributed by atoms with Crippen molar-refractivity contribution in [1.82, 2.24) is 10.2 Å². The Morgan fingerprint density at radius 3 is 2.52 bits per heavy atom. The standard InChI is InChI=1S/C16H25N3O4/c1-17-15(20)10-19(3)16(21)11-18(2)9-12-6-7-13(22-4)8-14(12)23-5/h6-8H,9-11H2,1-5H3,(H,17,20)/p+1. The van der Waals surface area contributed by atoms with Crippen LogP contribution in [0.1, 0.15) is 5.56 Å². The van der Waals surface area contributed by atoms with E-state index >= 15 is 0 Å². The first kappa shape index (κ1) is 18.8. The lowest BCUT2D eigenvalue weighted by Crippen LogP contribution is -3.08. The van der Waals surface area contributed by atoms with Crippen LogP contribution in [0.2, 0.25) is 0 Å². The van der Waals surface area contributed by atoms with Crippen LogP contribution in [0.25, 0.3) is 0 Å². The highest BCUT2D eigenvalue weighted by Gasteiger charge is 2.18. The van der Waals surface area contributed by atoms with Crippen LogP contribution >= 0.6 is 0 Å². The van der Waals surface area contributed by atoms with Crippen molar-refractivity contribution in [2.75, 3.05) is 48.5 Å². The molecule has 128 valence electrons. The van der Waals surface area contributed by atoms with Gasteiger partial charge in [0.25, 0.3) is 5.91 Å². The van der Waals surface area contributed by atoms with E-state index in [0.29, 0.717) is 13.1 Å². The van der Waals surface area contributed by atoms with E-state index in [2.05, 4.69) is 5.32 Å². The Morgan fingerprint density at radius 2 is 1.96 bits per heavy atom. The topological polar surface area (TPSA) is 72.3 Å².